The molecule has 0 aliphatic carbocycles. The minimum Gasteiger partial charge on any atom is -3.00 e. The van der Waals surface area contributed by atoms with Crippen molar-refractivity contribution in [3.63, 3.8) is 0 Å². The van der Waals surface area contributed by atoms with Crippen LogP contribution < -0.4 is 0 Å². The molecule has 0 fully saturated rings. The van der Waals surface area contributed by atoms with E-state index in [2.05, 4.69) is 0 Å². The summed E-state index contributed by atoms with van der Waals surface area (Å²) in [6.45, 7) is 0. The van der Waals surface area contributed by atoms with Crippen LogP contribution in [-0.2, 0) is 0 Å². The smallest absolute Gasteiger partial charge is 3.00 e. The van der Waals surface area contributed by atoms with Gasteiger partial charge in [-0.2, -0.15) is 0 Å². The monoisotopic (exact) mass is 332 g/mol. The summed E-state index contributed by atoms with van der Waals surface area (Å²) in [5.41, 5.74) is 0. The van der Waals surface area contributed by atoms with Crippen LogP contribution in [0.2, 0.25) is 0 Å². The van der Waals surface area contributed by atoms with Crippen molar-refractivity contribution >= 4 is 104 Å². The fourth-order valence-corrected chi connectivity index (χ4v) is 0. The van der Waals surface area contributed by atoms with E-state index in [1.807, 2.05) is 0 Å². The first kappa shape index (κ1) is 76.4. The molecule has 0 aliphatic heterocycles. The molecule has 0 amide bonds. The maximum Gasteiger partial charge on any atom is 3.00 e. The van der Waals surface area contributed by atoms with Crippen molar-refractivity contribution in [1.29, 1.82) is 0 Å². The summed E-state index contributed by atoms with van der Waals surface area (Å²) >= 11 is 0. The molecule has 0 saturated heterocycles. The van der Waals surface area contributed by atoms with Crippen LogP contribution in [0.5, 0.6) is 0 Å². The van der Waals surface area contributed by atoms with Gasteiger partial charge in [0.1, 0.15) is 0 Å². The summed E-state index contributed by atoms with van der Waals surface area (Å²) < 4.78 is 0. The number of hydrogen-bond donors (Lipinski definition) is 0. The standard InChI is InChI=1S/Al.Ga.In.3P.Si/q3*+3;3*-3;. The van der Waals surface area contributed by atoms with E-state index in [9.17, 15) is 0 Å². The van der Waals surface area contributed by atoms with E-state index in [-0.39, 0.29) is 104 Å². The van der Waals surface area contributed by atoms with Gasteiger partial charge < -0.3 is 29.7 Å². The predicted molar refractivity (Wildman–Crippen MR) is 43.8 cm³/mol. The molecule has 28 valence electrons. The minimum atomic E-state index is 0. The van der Waals surface area contributed by atoms with Gasteiger partial charge in [0.25, 0.3) is 0 Å². The SMILES string of the molecule is [Al+3].[Ga+3].[In+3].[P-3].[P-3].[P-3].[Si]. The molecule has 0 heterocycles. The molecule has 0 saturated carbocycles. The summed E-state index contributed by atoms with van der Waals surface area (Å²) in [5, 5.41) is 0. The largest absolute Gasteiger partial charge is 3.00 e. The van der Waals surface area contributed by atoms with Crippen LogP contribution in [0.3, 0.4) is 0 Å². The molecule has 0 aromatic carbocycles. The maximum absolute atomic E-state index is 0. The zero-order valence-corrected chi connectivity index (χ0v) is 14.1. The second kappa shape index (κ2) is 55.4. The van der Waals surface area contributed by atoms with Crippen molar-refractivity contribution in [2.45, 2.75) is 0 Å². The van der Waals surface area contributed by atoms with Gasteiger partial charge in [0.2, 0.25) is 0 Å². The summed E-state index contributed by atoms with van der Waals surface area (Å²) in [5.74, 6) is 0. The molecule has 0 aromatic rings. The third-order valence-electron chi connectivity index (χ3n) is 0. The third-order valence-corrected chi connectivity index (χ3v) is 0. The fraction of sp³-hybridized carbons (Fsp3) is 0. The summed E-state index contributed by atoms with van der Waals surface area (Å²) in [6.07, 6.45) is 0. The zero-order valence-electron chi connectivity index (χ0n) is 3.57. The number of rotatable bonds is 0. The van der Waals surface area contributed by atoms with Crippen LogP contribution in [0, 0.1) is 0 Å². The van der Waals surface area contributed by atoms with E-state index in [4.69, 9.17) is 0 Å². The zero-order chi connectivity index (χ0) is 0. The second-order valence-corrected chi connectivity index (χ2v) is 0. The average Bonchev–Trinajstić information content (AvgIpc) is 0. The van der Waals surface area contributed by atoms with Gasteiger partial charge in [-0.05, 0) is 0 Å². The Labute approximate surface area is 102 Å². The van der Waals surface area contributed by atoms with Gasteiger partial charge in [0.05, 0.1) is 0 Å². The molecule has 0 aromatic heterocycles. The fourth-order valence-electron chi connectivity index (χ4n) is 0. The molecule has 0 bridgehead atoms. The molecule has 0 N–H and O–H groups in total. The van der Waals surface area contributed by atoms with Crippen molar-refractivity contribution in [2.24, 2.45) is 0 Å². The van der Waals surface area contributed by atoms with Gasteiger partial charge in [-0.3, -0.25) is 0 Å². The predicted octanol–water partition coefficient (Wildman–Crippen LogP) is 1.06. The normalized spacial score (nSPS) is 0. The third kappa shape index (κ3) is 43.2. The van der Waals surface area contributed by atoms with E-state index >= 15 is 0 Å². The van der Waals surface area contributed by atoms with Crippen LogP contribution in [0.25, 0.3) is 0 Å². The van der Waals surface area contributed by atoms with Crippen LogP contribution in [0.4, 0.5) is 0 Å². The van der Waals surface area contributed by atoms with E-state index in [0.717, 1.165) is 0 Å². The molecule has 0 nitrogen and oxygen atoms in total. The van der Waals surface area contributed by atoms with E-state index < -0.39 is 0 Å². The molecule has 7 heteroatoms. The quantitative estimate of drug-likeness (QED) is 0.460. The van der Waals surface area contributed by atoms with Gasteiger partial charge in [0, 0.05) is 11.0 Å². The van der Waals surface area contributed by atoms with E-state index in [1.54, 1.807) is 0 Å². The average molecular weight is 333 g/mol. The Morgan fingerprint density at radius 1 is 0.714 bits per heavy atom. The molecular formula is AlGaInP3Si. The second-order valence-electron chi connectivity index (χ2n) is 0. The maximum atomic E-state index is 0. The topological polar surface area (TPSA) is 0 Å². The Bertz CT molecular complexity index is 14.9. The van der Waals surface area contributed by atoms with Crippen molar-refractivity contribution in [1.82, 2.24) is 0 Å². The molecule has 0 unspecified atom stereocenters. The molecule has 7 heavy (non-hydrogen) atoms. The van der Waals surface area contributed by atoms with Crippen molar-refractivity contribution in [2.75, 3.05) is 0 Å². The molecule has 0 rings (SSSR count). The van der Waals surface area contributed by atoms with Crippen molar-refractivity contribution < 1.29 is 0 Å². The Kier molecular flexibility index (Phi) is 605. The molecular weight excluding hydrogens is 333 g/mol. The summed E-state index contributed by atoms with van der Waals surface area (Å²) in [4.78, 5) is 0. The minimum absolute atomic E-state index is 0. The molecule has 4 radical (unpaired) electrons. The van der Waals surface area contributed by atoms with Crippen LogP contribution >= 0.6 is 29.7 Å². The van der Waals surface area contributed by atoms with Crippen molar-refractivity contribution in [3.8, 4) is 0 Å². The van der Waals surface area contributed by atoms with Crippen molar-refractivity contribution in [3.05, 3.63) is 0 Å². The van der Waals surface area contributed by atoms with Gasteiger partial charge in [-0.15, -0.1) is 0 Å². The Balaban J connectivity index is 0. The Morgan fingerprint density at radius 2 is 0.714 bits per heavy atom. The van der Waals surface area contributed by atoms with Gasteiger partial charge >= 0.3 is 63.0 Å². The van der Waals surface area contributed by atoms with Crippen LogP contribution in [0.15, 0.2) is 0 Å². The first-order chi connectivity index (χ1) is 0. The van der Waals surface area contributed by atoms with Gasteiger partial charge in [0.15, 0.2) is 0 Å². The van der Waals surface area contributed by atoms with Crippen LogP contribution in [-0.4, -0.2) is 74.0 Å². The van der Waals surface area contributed by atoms with Gasteiger partial charge in [-0.25, -0.2) is 0 Å². The first-order valence-corrected chi connectivity index (χ1v) is 0. The van der Waals surface area contributed by atoms with Gasteiger partial charge in [-0.1, -0.05) is 0 Å². The number of hydrogen-bond acceptors (Lipinski definition) is 0. The Hall–Kier alpha value is 3.55. The summed E-state index contributed by atoms with van der Waals surface area (Å²) in [6, 6.07) is 0. The van der Waals surface area contributed by atoms with E-state index in [1.165, 1.54) is 0 Å². The molecule has 0 spiro atoms. The molecule has 0 atom stereocenters. The van der Waals surface area contributed by atoms with E-state index in [0.29, 0.717) is 0 Å². The molecule has 0 aliphatic rings. The van der Waals surface area contributed by atoms with Crippen LogP contribution in [0.1, 0.15) is 0 Å². The summed E-state index contributed by atoms with van der Waals surface area (Å²) in [7, 11) is 0. The Morgan fingerprint density at radius 3 is 0.714 bits per heavy atom. The first-order valence-electron chi connectivity index (χ1n) is 0.